The molecule has 1 aromatic rings. The highest BCUT2D eigenvalue weighted by Crippen LogP contribution is 2.14. The Kier molecular flexibility index (Phi) is 5.74. The number of hydrogen-bond acceptors (Lipinski definition) is 4. The van der Waals surface area contributed by atoms with Crippen LogP contribution in [0.2, 0.25) is 0 Å². The summed E-state index contributed by atoms with van der Waals surface area (Å²) < 4.78 is 18.1. The predicted molar refractivity (Wildman–Crippen MR) is 63.2 cm³/mol. The number of halogens is 1. The number of carboxylic acids is 1. The van der Waals surface area contributed by atoms with Crippen LogP contribution in [0.5, 0.6) is 5.75 Å². The average molecular weight is 271 g/mol. The van der Waals surface area contributed by atoms with Crippen molar-refractivity contribution in [1.82, 2.24) is 5.32 Å². The minimum Gasteiger partial charge on any atom is -0.481 e. The lowest BCUT2D eigenvalue weighted by Gasteiger charge is -2.13. The summed E-state index contributed by atoms with van der Waals surface area (Å²) in [6, 6.07) is 4.36. The molecule has 1 rings (SSSR count). The van der Waals surface area contributed by atoms with Gasteiger partial charge in [0.1, 0.15) is 6.04 Å². The fraction of sp³-hybridized carbons (Fsp3) is 0.333. The molecule has 7 heteroatoms. The SMILES string of the molecule is O=C(COc1ccccc1F)NC(CCO)C(=O)O. The molecule has 0 aliphatic rings. The van der Waals surface area contributed by atoms with Crippen LogP contribution in [0.1, 0.15) is 6.42 Å². The first-order valence-corrected chi connectivity index (χ1v) is 5.55. The van der Waals surface area contributed by atoms with Crippen LogP contribution in [0.4, 0.5) is 4.39 Å². The largest absolute Gasteiger partial charge is 0.481 e. The zero-order valence-corrected chi connectivity index (χ0v) is 10.0. The molecule has 0 aromatic heterocycles. The smallest absolute Gasteiger partial charge is 0.326 e. The normalized spacial score (nSPS) is 11.7. The highest BCUT2D eigenvalue weighted by atomic mass is 19.1. The van der Waals surface area contributed by atoms with Crippen molar-refractivity contribution in [2.75, 3.05) is 13.2 Å². The minimum atomic E-state index is -1.26. The van der Waals surface area contributed by atoms with Gasteiger partial charge in [0.05, 0.1) is 0 Å². The number of carbonyl (C=O) groups is 2. The second-order valence-electron chi connectivity index (χ2n) is 3.69. The third kappa shape index (κ3) is 4.92. The third-order valence-corrected chi connectivity index (χ3v) is 2.25. The van der Waals surface area contributed by atoms with E-state index in [1.165, 1.54) is 18.2 Å². The molecule has 19 heavy (non-hydrogen) atoms. The molecule has 0 radical (unpaired) electrons. The van der Waals surface area contributed by atoms with Crippen molar-refractivity contribution in [3.8, 4) is 5.75 Å². The molecular weight excluding hydrogens is 257 g/mol. The Labute approximate surface area is 108 Å². The molecule has 0 bridgehead atoms. The number of rotatable bonds is 7. The lowest BCUT2D eigenvalue weighted by molar-refractivity contribution is -0.142. The van der Waals surface area contributed by atoms with E-state index in [4.69, 9.17) is 14.9 Å². The van der Waals surface area contributed by atoms with Crippen molar-refractivity contribution in [2.45, 2.75) is 12.5 Å². The fourth-order valence-corrected chi connectivity index (χ4v) is 1.33. The second kappa shape index (κ2) is 7.32. The number of carboxylic acid groups (broad SMARTS) is 1. The Bertz CT molecular complexity index is 452. The van der Waals surface area contributed by atoms with Gasteiger partial charge in [-0.2, -0.15) is 0 Å². The lowest BCUT2D eigenvalue weighted by Crippen LogP contribution is -2.43. The van der Waals surface area contributed by atoms with Crippen molar-refractivity contribution < 1.29 is 28.9 Å². The third-order valence-electron chi connectivity index (χ3n) is 2.25. The van der Waals surface area contributed by atoms with Gasteiger partial charge in [-0.05, 0) is 12.1 Å². The van der Waals surface area contributed by atoms with E-state index in [1.54, 1.807) is 6.07 Å². The van der Waals surface area contributed by atoms with E-state index in [0.29, 0.717) is 0 Å². The molecule has 104 valence electrons. The van der Waals surface area contributed by atoms with Gasteiger partial charge in [-0.1, -0.05) is 12.1 Å². The summed E-state index contributed by atoms with van der Waals surface area (Å²) in [5.41, 5.74) is 0. The second-order valence-corrected chi connectivity index (χ2v) is 3.69. The molecule has 0 saturated heterocycles. The van der Waals surface area contributed by atoms with Crippen molar-refractivity contribution in [1.29, 1.82) is 0 Å². The minimum absolute atomic E-state index is 0.0910. The van der Waals surface area contributed by atoms with E-state index < -0.39 is 30.3 Å². The maximum Gasteiger partial charge on any atom is 0.326 e. The van der Waals surface area contributed by atoms with Gasteiger partial charge >= 0.3 is 5.97 Å². The van der Waals surface area contributed by atoms with Gasteiger partial charge < -0.3 is 20.3 Å². The van der Waals surface area contributed by atoms with Crippen LogP contribution >= 0.6 is 0 Å². The summed E-state index contributed by atoms with van der Waals surface area (Å²) >= 11 is 0. The van der Waals surface area contributed by atoms with Crippen molar-refractivity contribution in [2.24, 2.45) is 0 Å². The first-order valence-electron chi connectivity index (χ1n) is 5.55. The predicted octanol–water partition coefficient (Wildman–Crippen LogP) is 0.156. The average Bonchev–Trinajstić information content (AvgIpc) is 2.37. The summed E-state index contributed by atoms with van der Waals surface area (Å²) in [5.74, 6) is -2.66. The Balaban J connectivity index is 2.47. The van der Waals surface area contributed by atoms with Crippen molar-refractivity contribution in [3.05, 3.63) is 30.1 Å². The molecule has 6 nitrogen and oxygen atoms in total. The molecule has 1 atom stereocenters. The number of carbonyl (C=O) groups excluding carboxylic acids is 1. The van der Waals surface area contributed by atoms with E-state index >= 15 is 0 Å². The summed E-state index contributed by atoms with van der Waals surface area (Å²) in [7, 11) is 0. The zero-order chi connectivity index (χ0) is 14.3. The number of aliphatic hydroxyl groups is 1. The lowest BCUT2D eigenvalue weighted by atomic mass is 10.2. The van der Waals surface area contributed by atoms with E-state index in [2.05, 4.69) is 5.32 Å². The standard InChI is InChI=1S/C12H14FNO5/c13-8-3-1-2-4-10(8)19-7-11(16)14-9(5-6-15)12(17)18/h1-4,9,15H,5-7H2,(H,14,16)(H,17,18). The van der Waals surface area contributed by atoms with Crippen LogP contribution in [0.25, 0.3) is 0 Å². The molecule has 0 aliphatic carbocycles. The number of benzene rings is 1. The van der Waals surface area contributed by atoms with E-state index in [9.17, 15) is 14.0 Å². The van der Waals surface area contributed by atoms with Crippen molar-refractivity contribution >= 4 is 11.9 Å². The number of nitrogens with one attached hydrogen (secondary N) is 1. The molecule has 0 saturated carbocycles. The van der Waals surface area contributed by atoms with Crippen molar-refractivity contribution in [3.63, 3.8) is 0 Å². The summed E-state index contributed by atoms with van der Waals surface area (Å²) in [4.78, 5) is 22.1. The Morgan fingerprint density at radius 1 is 1.37 bits per heavy atom. The number of aliphatic hydroxyl groups excluding tert-OH is 1. The number of ether oxygens (including phenoxy) is 1. The molecule has 0 spiro atoms. The zero-order valence-electron chi connectivity index (χ0n) is 10.0. The maximum absolute atomic E-state index is 13.2. The maximum atomic E-state index is 13.2. The molecule has 1 aromatic carbocycles. The van der Waals surface area contributed by atoms with Crippen LogP contribution < -0.4 is 10.1 Å². The molecular formula is C12H14FNO5. The Morgan fingerprint density at radius 2 is 2.05 bits per heavy atom. The monoisotopic (exact) mass is 271 g/mol. The number of para-hydroxylation sites is 1. The van der Waals surface area contributed by atoms with Gasteiger partial charge in [0.2, 0.25) is 0 Å². The van der Waals surface area contributed by atoms with Crippen LogP contribution in [-0.4, -0.2) is 41.3 Å². The summed E-state index contributed by atoms with van der Waals surface area (Å²) in [6.07, 6.45) is -0.110. The number of hydrogen-bond donors (Lipinski definition) is 3. The highest BCUT2D eigenvalue weighted by molar-refractivity contribution is 5.84. The van der Waals surface area contributed by atoms with Gasteiger partial charge in [0, 0.05) is 13.0 Å². The van der Waals surface area contributed by atoms with Crippen LogP contribution in [0.15, 0.2) is 24.3 Å². The van der Waals surface area contributed by atoms with E-state index in [0.717, 1.165) is 0 Å². The molecule has 3 N–H and O–H groups in total. The fourth-order valence-electron chi connectivity index (χ4n) is 1.33. The number of aliphatic carboxylic acids is 1. The Morgan fingerprint density at radius 3 is 2.63 bits per heavy atom. The van der Waals surface area contributed by atoms with Gasteiger partial charge in [0.15, 0.2) is 18.2 Å². The van der Waals surface area contributed by atoms with Crippen LogP contribution in [0.3, 0.4) is 0 Å². The molecule has 1 unspecified atom stereocenters. The highest BCUT2D eigenvalue weighted by Gasteiger charge is 2.19. The van der Waals surface area contributed by atoms with Gasteiger partial charge in [-0.3, -0.25) is 4.79 Å². The van der Waals surface area contributed by atoms with E-state index in [-0.39, 0.29) is 18.8 Å². The Hall–Kier alpha value is -2.15. The summed E-state index contributed by atoms with van der Waals surface area (Å²) in [6.45, 7) is -0.873. The summed E-state index contributed by atoms with van der Waals surface area (Å²) in [5, 5.41) is 19.6. The van der Waals surface area contributed by atoms with E-state index in [1.807, 2.05) is 0 Å². The molecule has 0 heterocycles. The molecule has 0 aliphatic heterocycles. The topological polar surface area (TPSA) is 95.9 Å². The molecule has 1 amide bonds. The van der Waals surface area contributed by atoms with Crippen LogP contribution in [0, 0.1) is 5.82 Å². The van der Waals surface area contributed by atoms with Gasteiger partial charge in [-0.25, -0.2) is 9.18 Å². The van der Waals surface area contributed by atoms with Gasteiger partial charge in [-0.15, -0.1) is 0 Å². The number of amides is 1. The van der Waals surface area contributed by atoms with Crippen LogP contribution in [-0.2, 0) is 9.59 Å². The molecule has 0 fully saturated rings. The first kappa shape index (κ1) is 14.9. The first-order chi connectivity index (χ1) is 9.04. The quantitative estimate of drug-likeness (QED) is 0.656. The van der Waals surface area contributed by atoms with Gasteiger partial charge in [0.25, 0.3) is 5.91 Å².